The normalized spacial score (nSPS) is 9.29. The molecule has 2 aromatic heterocycles. The lowest BCUT2D eigenvalue weighted by molar-refractivity contribution is 1.13. The Hall–Kier alpha value is -2.99. The number of aromatic nitrogens is 3. The van der Waals surface area contributed by atoms with E-state index >= 15 is 0 Å². The summed E-state index contributed by atoms with van der Waals surface area (Å²) >= 11 is 0. The Labute approximate surface area is 97.0 Å². The molecule has 17 heavy (non-hydrogen) atoms. The minimum atomic E-state index is 0.0988. The highest BCUT2D eigenvalue weighted by Crippen LogP contribution is 2.15. The van der Waals surface area contributed by atoms with Crippen molar-refractivity contribution in [2.24, 2.45) is 0 Å². The van der Waals surface area contributed by atoms with Crippen molar-refractivity contribution in [2.75, 3.05) is 5.73 Å². The van der Waals surface area contributed by atoms with Crippen LogP contribution in [0.25, 0.3) is 11.5 Å². The van der Waals surface area contributed by atoms with Crippen LogP contribution in [0.2, 0.25) is 0 Å². The van der Waals surface area contributed by atoms with Crippen LogP contribution in [0.5, 0.6) is 0 Å². The lowest BCUT2D eigenvalue weighted by Crippen LogP contribution is -2.00. The van der Waals surface area contributed by atoms with Crippen molar-refractivity contribution in [3.63, 3.8) is 0 Å². The molecule has 0 fully saturated rings. The quantitative estimate of drug-likeness (QED) is 0.765. The lowest BCUT2D eigenvalue weighted by Gasteiger charge is -2.01. The zero-order valence-electron chi connectivity index (χ0n) is 8.62. The van der Waals surface area contributed by atoms with E-state index in [1.54, 1.807) is 18.2 Å². The van der Waals surface area contributed by atoms with Gasteiger partial charge in [-0.1, -0.05) is 6.07 Å². The minimum Gasteiger partial charge on any atom is -0.382 e. The van der Waals surface area contributed by atoms with Crippen LogP contribution in [0, 0.1) is 22.7 Å². The number of nitriles is 2. The van der Waals surface area contributed by atoms with Crippen LogP contribution >= 0.6 is 0 Å². The van der Waals surface area contributed by atoms with Crippen molar-refractivity contribution >= 4 is 5.82 Å². The molecule has 0 bridgehead atoms. The number of pyridine rings is 1. The van der Waals surface area contributed by atoms with Gasteiger partial charge in [-0.25, -0.2) is 15.0 Å². The molecule has 2 N–H and O–H groups in total. The molecule has 0 amide bonds. The van der Waals surface area contributed by atoms with E-state index in [0.717, 1.165) is 0 Å². The first-order valence-corrected chi connectivity index (χ1v) is 4.64. The highest BCUT2D eigenvalue weighted by molar-refractivity contribution is 5.56. The lowest BCUT2D eigenvalue weighted by atomic mass is 10.3. The molecule has 0 saturated carbocycles. The van der Waals surface area contributed by atoms with Crippen LogP contribution < -0.4 is 5.73 Å². The smallest absolute Gasteiger partial charge is 0.180 e. The van der Waals surface area contributed by atoms with E-state index in [9.17, 15) is 0 Å². The average molecular weight is 222 g/mol. The highest BCUT2D eigenvalue weighted by atomic mass is 15.0. The summed E-state index contributed by atoms with van der Waals surface area (Å²) in [4.78, 5) is 12.0. The Morgan fingerprint density at radius 1 is 1.12 bits per heavy atom. The first-order chi connectivity index (χ1) is 8.24. The predicted octanol–water partition coefficient (Wildman–Crippen LogP) is 0.864. The maximum atomic E-state index is 8.72. The van der Waals surface area contributed by atoms with Gasteiger partial charge in [0, 0.05) is 0 Å². The van der Waals surface area contributed by atoms with Crippen LogP contribution in [0.3, 0.4) is 0 Å². The second-order valence-corrected chi connectivity index (χ2v) is 3.12. The van der Waals surface area contributed by atoms with E-state index in [2.05, 4.69) is 15.0 Å². The molecular weight excluding hydrogens is 216 g/mol. The van der Waals surface area contributed by atoms with Gasteiger partial charge in [0.2, 0.25) is 0 Å². The third kappa shape index (κ3) is 2.01. The summed E-state index contributed by atoms with van der Waals surface area (Å²) in [5.41, 5.74) is 6.50. The van der Waals surface area contributed by atoms with E-state index in [0.29, 0.717) is 11.5 Å². The van der Waals surface area contributed by atoms with Crippen molar-refractivity contribution in [1.29, 1.82) is 10.5 Å². The van der Waals surface area contributed by atoms with E-state index in [4.69, 9.17) is 16.3 Å². The number of hydrogen-bond acceptors (Lipinski definition) is 6. The molecule has 6 nitrogen and oxygen atoms in total. The first-order valence-electron chi connectivity index (χ1n) is 4.64. The molecule has 2 aromatic rings. The van der Waals surface area contributed by atoms with Gasteiger partial charge in [-0.15, -0.1) is 0 Å². The van der Waals surface area contributed by atoms with Crippen molar-refractivity contribution < 1.29 is 0 Å². The Morgan fingerprint density at radius 3 is 2.59 bits per heavy atom. The Bertz CT molecular complexity index is 650. The van der Waals surface area contributed by atoms with Gasteiger partial charge in [0.1, 0.15) is 34.9 Å². The number of nitrogens with zero attached hydrogens (tertiary/aromatic N) is 5. The van der Waals surface area contributed by atoms with Crippen LogP contribution in [-0.2, 0) is 0 Å². The zero-order valence-corrected chi connectivity index (χ0v) is 8.62. The van der Waals surface area contributed by atoms with E-state index in [1.807, 2.05) is 12.1 Å². The molecule has 2 heterocycles. The van der Waals surface area contributed by atoms with Gasteiger partial charge >= 0.3 is 0 Å². The summed E-state index contributed by atoms with van der Waals surface area (Å²) in [6.45, 7) is 0. The summed E-state index contributed by atoms with van der Waals surface area (Å²) in [6, 6.07) is 8.73. The second kappa shape index (κ2) is 4.25. The highest BCUT2D eigenvalue weighted by Gasteiger charge is 2.07. The topological polar surface area (TPSA) is 112 Å². The van der Waals surface area contributed by atoms with Gasteiger partial charge in [0.05, 0.1) is 6.20 Å². The average Bonchev–Trinajstić information content (AvgIpc) is 2.38. The Morgan fingerprint density at radius 2 is 1.94 bits per heavy atom. The van der Waals surface area contributed by atoms with Crippen LogP contribution in [0.15, 0.2) is 24.4 Å². The molecule has 0 saturated heterocycles. The summed E-state index contributed by atoms with van der Waals surface area (Å²) in [7, 11) is 0. The summed E-state index contributed by atoms with van der Waals surface area (Å²) in [6.07, 6.45) is 1.33. The molecule has 0 aliphatic heterocycles. The van der Waals surface area contributed by atoms with Gasteiger partial charge < -0.3 is 5.73 Å². The molecule has 0 radical (unpaired) electrons. The maximum Gasteiger partial charge on any atom is 0.180 e. The van der Waals surface area contributed by atoms with Gasteiger partial charge in [0.15, 0.2) is 5.82 Å². The van der Waals surface area contributed by atoms with Crippen molar-refractivity contribution in [3.05, 3.63) is 35.7 Å². The van der Waals surface area contributed by atoms with Gasteiger partial charge in [-0.3, -0.25) is 0 Å². The van der Waals surface area contributed by atoms with E-state index in [-0.39, 0.29) is 17.1 Å². The molecule has 0 spiro atoms. The molecular formula is C11H6N6. The number of hydrogen-bond donors (Lipinski definition) is 1. The monoisotopic (exact) mass is 222 g/mol. The Kier molecular flexibility index (Phi) is 2.63. The fourth-order valence-electron chi connectivity index (χ4n) is 1.23. The van der Waals surface area contributed by atoms with Crippen LogP contribution in [0.1, 0.15) is 11.3 Å². The fraction of sp³-hybridized carbons (Fsp3) is 0. The zero-order chi connectivity index (χ0) is 12.3. The molecule has 0 atom stereocenters. The molecule has 0 unspecified atom stereocenters. The molecule has 0 aliphatic carbocycles. The van der Waals surface area contributed by atoms with Crippen molar-refractivity contribution in [2.45, 2.75) is 0 Å². The van der Waals surface area contributed by atoms with Crippen molar-refractivity contribution in [1.82, 2.24) is 15.0 Å². The number of nitrogen functional groups attached to an aromatic ring is 1. The van der Waals surface area contributed by atoms with Gasteiger partial charge in [-0.05, 0) is 12.1 Å². The largest absolute Gasteiger partial charge is 0.382 e. The maximum absolute atomic E-state index is 8.72. The van der Waals surface area contributed by atoms with E-state index in [1.165, 1.54) is 6.20 Å². The minimum absolute atomic E-state index is 0.0988. The van der Waals surface area contributed by atoms with Gasteiger partial charge in [0.25, 0.3) is 0 Å². The molecule has 0 aliphatic rings. The summed E-state index contributed by atoms with van der Waals surface area (Å²) in [5.74, 6) is 0.389. The number of anilines is 1. The SMILES string of the molecule is N#Cc1cccc(-c2ncc(C#N)c(N)n2)n1. The van der Waals surface area contributed by atoms with E-state index < -0.39 is 0 Å². The standard InChI is InChI=1S/C11H6N6/c12-4-7-6-15-11(17-10(7)14)9-3-1-2-8(5-13)16-9/h1-3,6H,(H2,14,15,17). The predicted molar refractivity (Wildman–Crippen MR) is 59.1 cm³/mol. The van der Waals surface area contributed by atoms with Crippen LogP contribution in [-0.4, -0.2) is 15.0 Å². The Balaban J connectivity index is 2.51. The third-order valence-corrected chi connectivity index (χ3v) is 2.03. The molecule has 2 rings (SSSR count). The fourth-order valence-corrected chi connectivity index (χ4v) is 1.23. The second-order valence-electron chi connectivity index (χ2n) is 3.12. The summed E-state index contributed by atoms with van der Waals surface area (Å²) in [5, 5.41) is 17.4. The third-order valence-electron chi connectivity index (χ3n) is 2.03. The number of rotatable bonds is 1. The van der Waals surface area contributed by atoms with Crippen LogP contribution in [0.4, 0.5) is 5.82 Å². The molecule has 6 heteroatoms. The molecule has 80 valence electrons. The number of nitrogens with two attached hydrogens (primary N) is 1. The van der Waals surface area contributed by atoms with Crippen molar-refractivity contribution in [3.8, 4) is 23.7 Å². The first kappa shape index (κ1) is 10.5. The molecule has 0 aromatic carbocycles. The summed E-state index contributed by atoms with van der Waals surface area (Å²) < 4.78 is 0. The van der Waals surface area contributed by atoms with Gasteiger partial charge in [-0.2, -0.15) is 10.5 Å².